The van der Waals surface area contributed by atoms with Gasteiger partial charge < -0.3 is 5.32 Å². The van der Waals surface area contributed by atoms with Gasteiger partial charge in [-0.25, -0.2) is 0 Å². The number of H-pyrrole nitrogens is 1. The highest BCUT2D eigenvalue weighted by Gasteiger charge is 2.17. The van der Waals surface area contributed by atoms with Gasteiger partial charge in [-0.3, -0.25) is 5.10 Å². The summed E-state index contributed by atoms with van der Waals surface area (Å²) in [4.78, 5) is 0. The minimum Gasteiger partial charge on any atom is -0.317 e. The van der Waals surface area contributed by atoms with E-state index in [1.54, 1.807) is 0 Å². The molecule has 2 heterocycles. The second-order valence-electron chi connectivity index (χ2n) is 3.49. The Hall–Kier alpha value is -0.250. The van der Waals surface area contributed by atoms with Gasteiger partial charge in [0.05, 0.1) is 6.20 Å². The fraction of sp³-hybridized carbons (Fsp3) is 0.667. The second-order valence-corrected chi connectivity index (χ2v) is 3.49. The normalized spacial score (nSPS) is 16.9. The molecule has 0 aromatic carbocycles. The molecule has 1 aromatic rings. The lowest BCUT2D eigenvalue weighted by Crippen LogP contribution is -2.27. The summed E-state index contributed by atoms with van der Waals surface area (Å²) in [6, 6.07) is 0. The molecule has 1 fully saturated rings. The molecule has 0 radical (unpaired) electrons. The fourth-order valence-corrected chi connectivity index (χ4v) is 1.88. The summed E-state index contributed by atoms with van der Waals surface area (Å²) in [5.74, 6) is 0.703. The van der Waals surface area contributed by atoms with Crippen molar-refractivity contribution in [3.05, 3.63) is 17.5 Å². The second kappa shape index (κ2) is 6.27. The summed E-state index contributed by atoms with van der Waals surface area (Å²) in [5.41, 5.74) is 2.65. The largest absolute Gasteiger partial charge is 0.317 e. The average Bonchev–Trinajstić information content (AvgIpc) is 2.53. The van der Waals surface area contributed by atoms with E-state index in [0.29, 0.717) is 5.92 Å². The van der Waals surface area contributed by atoms with Crippen molar-refractivity contribution in [1.29, 1.82) is 0 Å². The third kappa shape index (κ3) is 2.87. The number of piperidine rings is 1. The Morgan fingerprint density at radius 1 is 1.29 bits per heavy atom. The first-order valence-corrected chi connectivity index (χ1v) is 4.58. The van der Waals surface area contributed by atoms with Crippen LogP contribution in [0.1, 0.15) is 30.0 Å². The van der Waals surface area contributed by atoms with Crippen LogP contribution in [0.4, 0.5) is 0 Å². The fourth-order valence-electron chi connectivity index (χ4n) is 1.88. The molecule has 1 aromatic heterocycles. The van der Waals surface area contributed by atoms with Gasteiger partial charge in [-0.15, -0.1) is 24.8 Å². The first-order valence-electron chi connectivity index (χ1n) is 4.58. The van der Waals surface area contributed by atoms with Crippen LogP contribution in [0.5, 0.6) is 0 Å². The van der Waals surface area contributed by atoms with Gasteiger partial charge in [-0.2, -0.15) is 5.10 Å². The number of hydrogen-bond acceptors (Lipinski definition) is 2. The number of nitrogens with zero attached hydrogens (tertiary/aromatic N) is 1. The molecule has 2 rings (SSSR count). The number of aromatic nitrogens is 2. The van der Waals surface area contributed by atoms with Crippen LogP contribution in [-0.4, -0.2) is 23.3 Å². The minimum absolute atomic E-state index is 0. The summed E-state index contributed by atoms with van der Waals surface area (Å²) in [5, 5.41) is 10.5. The van der Waals surface area contributed by atoms with Crippen LogP contribution < -0.4 is 5.32 Å². The quantitative estimate of drug-likeness (QED) is 0.785. The van der Waals surface area contributed by atoms with Gasteiger partial charge in [0.2, 0.25) is 0 Å². The lowest BCUT2D eigenvalue weighted by Gasteiger charge is -2.21. The van der Waals surface area contributed by atoms with Crippen molar-refractivity contribution < 1.29 is 0 Å². The van der Waals surface area contributed by atoms with Crippen molar-refractivity contribution in [3.63, 3.8) is 0 Å². The van der Waals surface area contributed by atoms with Crippen molar-refractivity contribution in [2.45, 2.75) is 25.7 Å². The van der Waals surface area contributed by atoms with E-state index in [2.05, 4.69) is 22.4 Å². The van der Waals surface area contributed by atoms with Crippen molar-refractivity contribution in [2.24, 2.45) is 0 Å². The van der Waals surface area contributed by atoms with E-state index in [9.17, 15) is 0 Å². The lowest BCUT2D eigenvalue weighted by atomic mass is 9.93. The molecule has 1 aliphatic rings. The summed E-state index contributed by atoms with van der Waals surface area (Å²) in [6.07, 6.45) is 4.39. The summed E-state index contributed by atoms with van der Waals surface area (Å²) < 4.78 is 0. The highest BCUT2D eigenvalue weighted by Crippen LogP contribution is 2.25. The highest BCUT2D eigenvalue weighted by atomic mass is 35.5. The topological polar surface area (TPSA) is 40.7 Å². The third-order valence-corrected chi connectivity index (χ3v) is 2.62. The van der Waals surface area contributed by atoms with E-state index in [1.807, 2.05) is 6.20 Å². The van der Waals surface area contributed by atoms with Crippen molar-refractivity contribution in [1.82, 2.24) is 15.5 Å². The van der Waals surface area contributed by atoms with Gasteiger partial charge >= 0.3 is 0 Å². The predicted molar refractivity (Wildman–Crippen MR) is 62.7 cm³/mol. The van der Waals surface area contributed by atoms with Gasteiger partial charge in [0, 0.05) is 11.6 Å². The molecular formula is C9H17Cl2N3. The Morgan fingerprint density at radius 2 is 1.93 bits per heavy atom. The van der Waals surface area contributed by atoms with Crippen LogP contribution in [-0.2, 0) is 0 Å². The van der Waals surface area contributed by atoms with Crippen LogP contribution in [0, 0.1) is 6.92 Å². The Bertz CT molecular complexity index is 256. The molecule has 1 saturated heterocycles. The van der Waals surface area contributed by atoms with Gasteiger partial charge in [0.25, 0.3) is 0 Å². The van der Waals surface area contributed by atoms with Crippen molar-refractivity contribution in [2.75, 3.05) is 13.1 Å². The van der Waals surface area contributed by atoms with E-state index >= 15 is 0 Å². The van der Waals surface area contributed by atoms with E-state index < -0.39 is 0 Å². The Morgan fingerprint density at radius 3 is 2.43 bits per heavy atom. The van der Waals surface area contributed by atoms with Gasteiger partial charge in [0.1, 0.15) is 0 Å². The zero-order valence-electron chi connectivity index (χ0n) is 8.25. The molecule has 0 amide bonds. The van der Waals surface area contributed by atoms with Crippen LogP contribution >= 0.6 is 24.8 Å². The number of aromatic amines is 1. The van der Waals surface area contributed by atoms with Crippen LogP contribution in [0.25, 0.3) is 0 Å². The van der Waals surface area contributed by atoms with Gasteiger partial charge in [-0.1, -0.05) is 0 Å². The highest BCUT2D eigenvalue weighted by molar-refractivity contribution is 5.85. The van der Waals surface area contributed by atoms with E-state index in [1.165, 1.54) is 24.1 Å². The monoisotopic (exact) mass is 237 g/mol. The molecule has 0 saturated carbocycles. The van der Waals surface area contributed by atoms with Crippen LogP contribution in [0.15, 0.2) is 6.20 Å². The zero-order valence-corrected chi connectivity index (χ0v) is 9.88. The molecule has 0 atom stereocenters. The summed E-state index contributed by atoms with van der Waals surface area (Å²) in [7, 11) is 0. The SMILES string of the molecule is Cc1cn[nH]c1C1CCNCC1.Cl.Cl. The van der Waals surface area contributed by atoms with Crippen molar-refractivity contribution >= 4 is 24.8 Å². The smallest absolute Gasteiger partial charge is 0.0519 e. The molecular weight excluding hydrogens is 221 g/mol. The zero-order chi connectivity index (χ0) is 8.39. The number of aryl methyl sites for hydroxylation is 1. The van der Waals surface area contributed by atoms with Crippen LogP contribution in [0.3, 0.4) is 0 Å². The van der Waals surface area contributed by atoms with Gasteiger partial charge in [-0.05, 0) is 38.4 Å². The Balaban J connectivity index is 0.000000845. The third-order valence-electron chi connectivity index (χ3n) is 2.62. The number of rotatable bonds is 1. The molecule has 82 valence electrons. The predicted octanol–water partition coefficient (Wildman–Crippen LogP) is 2.03. The van der Waals surface area contributed by atoms with E-state index in [-0.39, 0.29) is 24.8 Å². The summed E-state index contributed by atoms with van der Waals surface area (Å²) in [6.45, 7) is 4.41. The number of halogens is 2. The maximum absolute atomic E-state index is 4.05. The first kappa shape index (κ1) is 13.8. The Kier molecular flexibility index (Phi) is 6.16. The molecule has 0 aliphatic carbocycles. The minimum atomic E-state index is 0. The van der Waals surface area contributed by atoms with E-state index in [0.717, 1.165) is 13.1 Å². The van der Waals surface area contributed by atoms with E-state index in [4.69, 9.17) is 0 Å². The van der Waals surface area contributed by atoms with Crippen LogP contribution in [0.2, 0.25) is 0 Å². The molecule has 0 spiro atoms. The first-order chi connectivity index (χ1) is 5.88. The molecule has 14 heavy (non-hydrogen) atoms. The molecule has 1 aliphatic heterocycles. The van der Waals surface area contributed by atoms with Gasteiger partial charge in [0.15, 0.2) is 0 Å². The Labute approximate surface area is 96.9 Å². The standard InChI is InChI=1S/C9H15N3.2ClH/c1-7-6-11-12-9(7)8-2-4-10-5-3-8;;/h6,8,10H,2-5H2,1H3,(H,11,12);2*1H. The average molecular weight is 238 g/mol. The molecule has 2 N–H and O–H groups in total. The lowest BCUT2D eigenvalue weighted by molar-refractivity contribution is 0.451. The summed E-state index contributed by atoms with van der Waals surface area (Å²) >= 11 is 0. The maximum atomic E-state index is 4.05. The molecule has 0 bridgehead atoms. The molecule has 5 heteroatoms. The number of nitrogens with one attached hydrogen (secondary N) is 2. The molecule has 3 nitrogen and oxygen atoms in total. The molecule has 0 unspecified atom stereocenters. The maximum Gasteiger partial charge on any atom is 0.0519 e. The number of hydrogen-bond donors (Lipinski definition) is 2. The van der Waals surface area contributed by atoms with Crippen molar-refractivity contribution in [3.8, 4) is 0 Å².